The Bertz CT molecular complexity index is 1510. The van der Waals surface area contributed by atoms with E-state index in [1.807, 2.05) is 0 Å². The molecule has 1 aromatic carbocycles. The minimum absolute atomic E-state index is 0.180. The molecule has 1 aromatic heterocycles. The second kappa shape index (κ2) is 9.91. The van der Waals surface area contributed by atoms with Crippen LogP contribution in [0.5, 0.6) is 5.75 Å². The number of carbonyl (C=O) groups excluding carboxylic acids is 5. The van der Waals surface area contributed by atoms with E-state index >= 15 is 0 Å². The molecule has 0 aliphatic heterocycles. The number of ether oxygens (including phenoxy) is 3. The molecule has 0 bridgehead atoms. The lowest BCUT2D eigenvalue weighted by Crippen LogP contribution is -2.56. The van der Waals surface area contributed by atoms with Crippen LogP contribution in [-0.4, -0.2) is 56.0 Å². The molecule has 4 rings (SSSR count). The number of phenols is 1. The molecule has 12 heteroatoms. The van der Waals surface area contributed by atoms with E-state index in [2.05, 4.69) is 0 Å². The Kier molecular flexibility index (Phi) is 7.06. The van der Waals surface area contributed by atoms with Gasteiger partial charge in [0.05, 0.1) is 28.7 Å². The summed E-state index contributed by atoms with van der Waals surface area (Å²) in [7, 11) is 0. The SMILES string of the molecule is CC(=O)OC1c2c3c(n(C#N)c2C(OC(=O)C(C)C)C(C)(O)C1OC(=O)C(C)C)C(=O)c1c(O)cccc1C3=O. The molecule has 12 nitrogen and oxygen atoms in total. The highest BCUT2D eigenvalue weighted by Crippen LogP contribution is 2.52. The van der Waals surface area contributed by atoms with Crippen molar-refractivity contribution in [3.05, 3.63) is 51.8 Å². The molecule has 2 aliphatic carbocycles. The molecule has 2 N–H and O–H groups in total. The molecule has 0 saturated heterocycles. The van der Waals surface area contributed by atoms with Gasteiger partial charge in [-0.25, -0.2) is 4.57 Å². The van der Waals surface area contributed by atoms with Gasteiger partial charge in [-0.15, -0.1) is 0 Å². The van der Waals surface area contributed by atoms with Crippen molar-refractivity contribution < 1.29 is 48.4 Å². The van der Waals surface area contributed by atoms with E-state index in [0.29, 0.717) is 0 Å². The van der Waals surface area contributed by atoms with E-state index < -0.39 is 76.7 Å². The summed E-state index contributed by atoms with van der Waals surface area (Å²) < 4.78 is 17.5. The van der Waals surface area contributed by atoms with Crippen LogP contribution in [-0.2, 0) is 28.6 Å². The van der Waals surface area contributed by atoms with Crippen molar-refractivity contribution in [1.29, 1.82) is 5.26 Å². The highest BCUT2D eigenvalue weighted by Gasteiger charge is 2.60. The number of benzene rings is 1. The van der Waals surface area contributed by atoms with Crippen LogP contribution in [0.4, 0.5) is 0 Å². The number of phenolic OH excluding ortho intramolecular Hbond substituents is 1. The molecular weight excluding hydrogens is 524 g/mol. The number of nitrogens with zero attached hydrogens (tertiary/aromatic N) is 2. The average molecular weight is 553 g/mol. The fourth-order valence-corrected chi connectivity index (χ4v) is 4.98. The average Bonchev–Trinajstić information content (AvgIpc) is 3.21. The summed E-state index contributed by atoms with van der Waals surface area (Å²) in [5.74, 6) is -6.09. The molecule has 0 radical (unpaired) electrons. The fourth-order valence-electron chi connectivity index (χ4n) is 4.98. The molecule has 2 aliphatic rings. The second-order valence-corrected chi connectivity index (χ2v) is 10.6. The molecular formula is C28H28N2O10. The third-order valence-corrected chi connectivity index (χ3v) is 6.93. The van der Waals surface area contributed by atoms with Crippen LogP contribution in [0.25, 0.3) is 0 Å². The summed E-state index contributed by atoms with van der Waals surface area (Å²) in [4.78, 5) is 65.4. The zero-order chi connectivity index (χ0) is 29.8. The normalized spacial score (nSPS) is 23.1. The van der Waals surface area contributed by atoms with Gasteiger partial charge in [0.25, 0.3) is 0 Å². The standard InChI is InChI=1S/C28H28N2O10/c1-11(2)26(35)39-24-20-18(23(38-13(5)31)25(28(24,6)37)40-27(36)12(3)4)17-19(30(20)10-29)22(34)16-14(21(17)33)8-7-9-15(16)32/h7-9,11-12,23-25,32,37H,1-6H3. The van der Waals surface area contributed by atoms with Crippen LogP contribution in [0.15, 0.2) is 18.2 Å². The summed E-state index contributed by atoms with van der Waals surface area (Å²) in [5.41, 5.74) is -4.23. The maximum absolute atomic E-state index is 13.9. The highest BCUT2D eigenvalue weighted by molar-refractivity contribution is 6.29. The van der Waals surface area contributed by atoms with E-state index in [-0.39, 0.29) is 27.9 Å². The number of rotatable bonds is 5. The number of carbonyl (C=O) groups is 5. The van der Waals surface area contributed by atoms with Gasteiger partial charge in [0, 0.05) is 18.1 Å². The van der Waals surface area contributed by atoms with Gasteiger partial charge >= 0.3 is 17.9 Å². The predicted molar refractivity (Wildman–Crippen MR) is 134 cm³/mol. The summed E-state index contributed by atoms with van der Waals surface area (Å²) in [6.07, 6.45) is -3.37. The Morgan fingerprint density at radius 2 is 1.60 bits per heavy atom. The van der Waals surface area contributed by atoms with Gasteiger partial charge in [0.1, 0.15) is 17.0 Å². The smallest absolute Gasteiger partial charge is 0.309 e. The topological polar surface area (TPSA) is 182 Å². The first kappa shape index (κ1) is 28.5. The van der Waals surface area contributed by atoms with Crippen molar-refractivity contribution in [2.24, 2.45) is 11.8 Å². The van der Waals surface area contributed by atoms with Gasteiger partial charge in [0.15, 0.2) is 30.3 Å². The number of nitriles is 1. The minimum atomic E-state index is -2.32. The highest BCUT2D eigenvalue weighted by atomic mass is 16.6. The summed E-state index contributed by atoms with van der Waals surface area (Å²) >= 11 is 0. The molecule has 2 aromatic rings. The maximum atomic E-state index is 13.9. The van der Waals surface area contributed by atoms with Crippen LogP contribution >= 0.6 is 0 Å². The molecule has 0 amide bonds. The Morgan fingerprint density at radius 1 is 1.00 bits per heavy atom. The number of ketones is 2. The zero-order valence-electron chi connectivity index (χ0n) is 22.7. The van der Waals surface area contributed by atoms with E-state index in [1.54, 1.807) is 6.19 Å². The molecule has 4 atom stereocenters. The van der Waals surface area contributed by atoms with E-state index in [4.69, 9.17) is 14.2 Å². The summed E-state index contributed by atoms with van der Waals surface area (Å²) in [5, 5.41) is 32.5. The van der Waals surface area contributed by atoms with Crippen molar-refractivity contribution in [3.63, 3.8) is 0 Å². The first-order chi connectivity index (χ1) is 18.6. The minimum Gasteiger partial charge on any atom is -0.507 e. The quantitative estimate of drug-likeness (QED) is 0.350. The van der Waals surface area contributed by atoms with Crippen LogP contribution in [0.1, 0.15) is 97.0 Å². The number of fused-ring (bicyclic) bond motifs is 4. The van der Waals surface area contributed by atoms with Gasteiger partial charge in [-0.2, -0.15) is 5.26 Å². The molecule has 4 unspecified atom stereocenters. The lowest BCUT2D eigenvalue weighted by atomic mass is 9.75. The Labute approximate surface area is 229 Å². The summed E-state index contributed by atoms with van der Waals surface area (Å²) in [6.45, 7) is 8.33. The molecule has 0 saturated carbocycles. The number of hydrogen-bond donors (Lipinski definition) is 2. The van der Waals surface area contributed by atoms with Crippen molar-refractivity contribution >= 4 is 29.5 Å². The van der Waals surface area contributed by atoms with Gasteiger partial charge < -0.3 is 24.4 Å². The Morgan fingerprint density at radius 3 is 2.15 bits per heavy atom. The van der Waals surface area contributed by atoms with Crippen molar-refractivity contribution in [3.8, 4) is 11.9 Å². The fraction of sp³-hybridized carbons (Fsp3) is 0.429. The zero-order valence-corrected chi connectivity index (χ0v) is 22.7. The monoisotopic (exact) mass is 552 g/mol. The van der Waals surface area contributed by atoms with E-state index in [1.165, 1.54) is 52.8 Å². The lowest BCUT2D eigenvalue weighted by Gasteiger charge is -2.45. The third-order valence-electron chi connectivity index (χ3n) is 6.93. The first-order valence-corrected chi connectivity index (χ1v) is 12.6. The van der Waals surface area contributed by atoms with Crippen LogP contribution in [0, 0.1) is 23.3 Å². The van der Waals surface area contributed by atoms with Gasteiger partial charge in [-0.3, -0.25) is 24.0 Å². The van der Waals surface area contributed by atoms with Crippen molar-refractivity contribution in [2.75, 3.05) is 0 Å². The molecule has 40 heavy (non-hydrogen) atoms. The molecule has 0 spiro atoms. The Balaban J connectivity index is 2.13. The first-order valence-electron chi connectivity index (χ1n) is 12.6. The van der Waals surface area contributed by atoms with Gasteiger partial charge in [-0.1, -0.05) is 39.8 Å². The van der Waals surface area contributed by atoms with E-state index in [9.17, 15) is 39.4 Å². The third kappa shape index (κ3) is 4.23. The number of aliphatic hydroxyl groups is 1. The lowest BCUT2D eigenvalue weighted by molar-refractivity contribution is -0.225. The molecule has 1 heterocycles. The molecule has 210 valence electrons. The maximum Gasteiger partial charge on any atom is 0.309 e. The second-order valence-electron chi connectivity index (χ2n) is 10.6. The number of hydrogen-bond acceptors (Lipinski definition) is 11. The van der Waals surface area contributed by atoms with Crippen molar-refractivity contribution in [1.82, 2.24) is 4.57 Å². The number of aromatic nitrogens is 1. The number of esters is 3. The summed E-state index contributed by atoms with van der Waals surface area (Å²) in [6, 6.07) is 3.86. The van der Waals surface area contributed by atoms with Crippen LogP contribution in [0.2, 0.25) is 0 Å². The largest absolute Gasteiger partial charge is 0.507 e. The van der Waals surface area contributed by atoms with Gasteiger partial charge in [0.2, 0.25) is 5.78 Å². The number of aromatic hydroxyl groups is 1. The van der Waals surface area contributed by atoms with Gasteiger partial charge in [-0.05, 0) is 13.0 Å². The van der Waals surface area contributed by atoms with Crippen molar-refractivity contribution in [2.45, 2.75) is 65.5 Å². The van der Waals surface area contributed by atoms with Crippen LogP contribution < -0.4 is 0 Å². The van der Waals surface area contributed by atoms with E-state index in [0.717, 1.165) is 11.5 Å². The van der Waals surface area contributed by atoms with Crippen LogP contribution in [0.3, 0.4) is 0 Å². The Hall–Kier alpha value is -4.50. The molecule has 0 fully saturated rings. The predicted octanol–water partition coefficient (Wildman–Crippen LogP) is 2.48.